The Morgan fingerprint density at radius 2 is 1.83 bits per heavy atom. The second kappa shape index (κ2) is 4.93. The highest BCUT2D eigenvalue weighted by atomic mass is 127. The molecule has 1 N–H and O–H groups in total. The molecule has 1 aromatic heterocycles. The first-order valence-electron chi connectivity index (χ1n) is 5.22. The van der Waals surface area contributed by atoms with Crippen LogP contribution in [0.5, 0.6) is 0 Å². The molecule has 1 heterocycles. The summed E-state index contributed by atoms with van der Waals surface area (Å²) in [6.45, 7) is 1.63. The molecule has 0 fully saturated rings. The quantitative estimate of drug-likeness (QED) is 0.801. The SMILES string of the molecule is Cc1c(-c2ccc(I)cc2)ccn(C(=O)O)c1=O. The molecule has 0 radical (unpaired) electrons. The average molecular weight is 355 g/mol. The van der Waals surface area contributed by atoms with Crippen molar-refractivity contribution >= 4 is 28.7 Å². The third-order valence-electron chi connectivity index (χ3n) is 2.70. The standard InChI is InChI=1S/C13H10INO3/c1-8-11(9-2-4-10(14)5-3-9)6-7-15(12(8)16)13(17)18/h2-7H,1H3,(H,17,18). The van der Waals surface area contributed by atoms with Crippen LogP contribution in [0.1, 0.15) is 5.56 Å². The molecule has 4 nitrogen and oxygen atoms in total. The molecular weight excluding hydrogens is 345 g/mol. The second-order valence-electron chi connectivity index (χ2n) is 3.82. The van der Waals surface area contributed by atoms with Crippen LogP contribution in [0.25, 0.3) is 11.1 Å². The molecule has 0 unspecified atom stereocenters. The number of nitrogens with zero attached hydrogens (tertiary/aromatic N) is 1. The third-order valence-corrected chi connectivity index (χ3v) is 3.41. The number of rotatable bonds is 1. The van der Waals surface area contributed by atoms with Gasteiger partial charge in [0.15, 0.2) is 0 Å². The van der Waals surface area contributed by atoms with Crippen LogP contribution in [0.4, 0.5) is 4.79 Å². The number of hydrogen-bond acceptors (Lipinski definition) is 2. The summed E-state index contributed by atoms with van der Waals surface area (Å²) in [6, 6.07) is 9.35. The van der Waals surface area contributed by atoms with Gasteiger partial charge >= 0.3 is 6.09 Å². The lowest BCUT2D eigenvalue weighted by atomic mass is 10.0. The summed E-state index contributed by atoms with van der Waals surface area (Å²) >= 11 is 2.20. The van der Waals surface area contributed by atoms with Crippen molar-refractivity contribution in [3.05, 3.63) is 56.0 Å². The zero-order valence-electron chi connectivity index (χ0n) is 9.55. The molecule has 5 heteroatoms. The Balaban J connectivity index is 2.61. The predicted octanol–water partition coefficient (Wildman–Crippen LogP) is 2.95. The van der Waals surface area contributed by atoms with Gasteiger partial charge in [0.05, 0.1) is 0 Å². The lowest BCUT2D eigenvalue weighted by Gasteiger charge is -2.07. The minimum Gasteiger partial charge on any atom is -0.464 e. The van der Waals surface area contributed by atoms with E-state index in [4.69, 9.17) is 5.11 Å². The van der Waals surface area contributed by atoms with Crippen molar-refractivity contribution in [2.24, 2.45) is 0 Å². The molecule has 0 aliphatic rings. The van der Waals surface area contributed by atoms with Gasteiger partial charge in [-0.3, -0.25) is 4.79 Å². The summed E-state index contributed by atoms with van der Waals surface area (Å²) < 4.78 is 1.79. The first-order chi connectivity index (χ1) is 8.50. The number of halogens is 1. The smallest absolute Gasteiger partial charge is 0.418 e. The first-order valence-corrected chi connectivity index (χ1v) is 6.30. The number of benzene rings is 1. The Hall–Kier alpha value is -1.63. The molecule has 0 amide bonds. The van der Waals surface area contributed by atoms with Gasteiger partial charge in [0.25, 0.3) is 5.56 Å². The average Bonchev–Trinajstić information content (AvgIpc) is 2.33. The summed E-state index contributed by atoms with van der Waals surface area (Å²) in [4.78, 5) is 22.7. The van der Waals surface area contributed by atoms with E-state index in [0.717, 1.165) is 14.7 Å². The maximum atomic E-state index is 11.9. The van der Waals surface area contributed by atoms with Crippen LogP contribution in [0.2, 0.25) is 0 Å². The van der Waals surface area contributed by atoms with E-state index >= 15 is 0 Å². The van der Waals surface area contributed by atoms with Crippen molar-refractivity contribution in [2.45, 2.75) is 6.92 Å². The number of aromatic nitrogens is 1. The molecule has 2 aromatic rings. The van der Waals surface area contributed by atoms with Gasteiger partial charge < -0.3 is 5.11 Å². The van der Waals surface area contributed by atoms with Crippen LogP contribution in [0.3, 0.4) is 0 Å². The van der Waals surface area contributed by atoms with Crippen molar-refractivity contribution in [2.75, 3.05) is 0 Å². The van der Waals surface area contributed by atoms with Crippen LogP contribution >= 0.6 is 22.6 Å². The molecule has 0 bridgehead atoms. The van der Waals surface area contributed by atoms with Gasteiger partial charge in [0.1, 0.15) is 0 Å². The van der Waals surface area contributed by atoms with Crippen LogP contribution < -0.4 is 5.56 Å². The van der Waals surface area contributed by atoms with E-state index in [2.05, 4.69) is 22.6 Å². The van der Waals surface area contributed by atoms with E-state index < -0.39 is 11.7 Å². The predicted molar refractivity (Wildman–Crippen MR) is 77.0 cm³/mol. The molecule has 0 atom stereocenters. The highest BCUT2D eigenvalue weighted by Crippen LogP contribution is 2.21. The molecule has 0 saturated heterocycles. The maximum absolute atomic E-state index is 11.9. The molecular formula is C13H10INO3. The number of pyridine rings is 1. The zero-order chi connectivity index (χ0) is 13.3. The summed E-state index contributed by atoms with van der Waals surface area (Å²) in [7, 11) is 0. The fourth-order valence-corrected chi connectivity index (χ4v) is 2.09. The topological polar surface area (TPSA) is 59.3 Å². The van der Waals surface area contributed by atoms with E-state index in [9.17, 15) is 9.59 Å². The van der Waals surface area contributed by atoms with E-state index in [-0.39, 0.29) is 0 Å². The van der Waals surface area contributed by atoms with Gasteiger partial charge in [-0.05, 0) is 58.8 Å². The zero-order valence-corrected chi connectivity index (χ0v) is 11.7. The fraction of sp³-hybridized carbons (Fsp3) is 0.0769. The van der Waals surface area contributed by atoms with Crippen LogP contribution in [-0.2, 0) is 0 Å². The minimum atomic E-state index is -1.27. The van der Waals surface area contributed by atoms with Crippen LogP contribution in [-0.4, -0.2) is 15.8 Å². The van der Waals surface area contributed by atoms with E-state index in [0.29, 0.717) is 10.1 Å². The number of carboxylic acid groups (broad SMARTS) is 1. The normalized spacial score (nSPS) is 10.3. The largest absolute Gasteiger partial charge is 0.464 e. The van der Waals surface area contributed by atoms with E-state index in [1.54, 1.807) is 13.0 Å². The Bertz CT molecular complexity index is 659. The highest BCUT2D eigenvalue weighted by molar-refractivity contribution is 14.1. The highest BCUT2D eigenvalue weighted by Gasteiger charge is 2.11. The molecule has 0 spiro atoms. The van der Waals surface area contributed by atoms with Gasteiger partial charge in [-0.2, -0.15) is 0 Å². The van der Waals surface area contributed by atoms with Gasteiger partial charge in [-0.15, -0.1) is 0 Å². The van der Waals surface area contributed by atoms with Crippen molar-refractivity contribution in [1.29, 1.82) is 0 Å². The second-order valence-corrected chi connectivity index (χ2v) is 5.06. The van der Waals surface area contributed by atoms with Crippen molar-refractivity contribution in [3.8, 4) is 11.1 Å². The van der Waals surface area contributed by atoms with Crippen molar-refractivity contribution < 1.29 is 9.90 Å². The Labute approximate surface area is 117 Å². The Morgan fingerprint density at radius 3 is 2.39 bits per heavy atom. The summed E-state index contributed by atoms with van der Waals surface area (Å²) in [6.07, 6.45) is 0.0163. The summed E-state index contributed by atoms with van der Waals surface area (Å²) in [5.74, 6) is 0. The van der Waals surface area contributed by atoms with Crippen molar-refractivity contribution in [1.82, 2.24) is 4.57 Å². The maximum Gasteiger partial charge on any atom is 0.418 e. The van der Waals surface area contributed by atoms with Crippen LogP contribution in [0.15, 0.2) is 41.3 Å². The van der Waals surface area contributed by atoms with E-state index in [1.165, 1.54) is 6.20 Å². The third kappa shape index (κ3) is 2.31. The molecule has 1 aromatic carbocycles. The minimum absolute atomic E-state index is 0.432. The first kappa shape index (κ1) is 12.8. The summed E-state index contributed by atoms with van der Waals surface area (Å²) in [5, 5.41) is 8.85. The molecule has 0 aliphatic carbocycles. The molecule has 0 aliphatic heterocycles. The van der Waals surface area contributed by atoms with Crippen LogP contribution in [0, 0.1) is 10.5 Å². The number of hydrogen-bond donors (Lipinski definition) is 1. The van der Waals surface area contributed by atoms with Gasteiger partial charge in [0.2, 0.25) is 0 Å². The number of carbonyl (C=O) groups is 1. The lowest BCUT2D eigenvalue weighted by molar-refractivity contribution is 0.195. The van der Waals surface area contributed by atoms with Gasteiger partial charge in [-0.1, -0.05) is 12.1 Å². The van der Waals surface area contributed by atoms with Gasteiger partial charge in [-0.25, -0.2) is 9.36 Å². The molecule has 18 heavy (non-hydrogen) atoms. The Kier molecular flexibility index (Phi) is 3.51. The van der Waals surface area contributed by atoms with Gasteiger partial charge in [0, 0.05) is 15.3 Å². The molecule has 2 rings (SSSR count). The monoisotopic (exact) mass is 355 g/mol. The fourth-order valence-electron chi connectivity index (χ4n) is 1.73. The Morgan fingerprint density at radius 1 is 1.22 bits per heavy atom. The van der Waals surface area contributed by atoms with Crippen molar-refractivity contribution in [3.63, 3.8) is 0 Å². The lowest BCUT2D eigenvalue weighted by Crippen LogP contribution is -2.27. The van der Waals surface area contributed by atoms with E-state index in [1.807, 2.05) is 24.3 Å². The summed E-state index contributed by atoms with van der Waals surface area (Å²) in [5.41, 5.74) is 1.59. The molecule has 0 saturated carbocycles. The molecule has 92 valence electrons.